The van der Waals surface area contributed by atoms with Gasteiger partial charge in [0.05, 0.1) is 6.33 Å². The van der Waals surface area contributed by atoms with Crippen molar-refractivity contribution in [3.8, 4) is 0 Å². The van der Waals surface area contributed by atoms with Gasteiger partial charge in [0.25, 0.3) is 5.91 Å². The minimum atomic E-state index is -1.41. The van der Waals surface area contributed by atoms with E-state index in [9.17, 15) is 15.0 Å². The first-order valence-electron chi connectivity index (χ1n) is 14.1. The summed E-state index contributed by atoms with van der Waals surface area (Å²) in [4.78, 5) is 28.5. The Bertz CT molecular complexity index is 1430. The Morgan fingerprint density at radius 3 is 2.29 bits per heavy atom. The summed E-state index contributed by atoms with van der Waals surface area (Å²) in [5, 5.41) is 30.9. The number of nitrogens with zero attached hydrogens (tertiary/aromatic N) is 5. The summed E-state index contributed by atoms with van der Waals surface area (Å²) in [6.45, 7) is 4.04. The number of nitrogens with one attached hydrogen (secondary N) is 3. The van der Waals surface area contributed by atoms with Crippen LogP contribution in [0.2, 0.25) is 0 Å². The van der Waals surface area contributed by atoms with Gasteiger partial charge >= 0.3 is 0 Å². The Labute approximate surface area is 244 Å². The molecule has 0 unspecified atom stereocenters. The minimum Gasteiger partial charge on any atom is -0.387 e. The highest BCUT2D eigenvalue weighted by molar-refractivity contribution is 5.85. The number of aliphatic hydroxyl groups is 2. The van der Waals surface area contributed by atoms with Crippen molar-refractivity contribution < 1.29 is 19.7 Å². The van der Waals surface area contributed by atoms with Gasteiger partial charge in [0.15, 0.2) is 29.3 Å². The second kappa shape index (κ2) is 13.3. The number of hydrogen-bond acceptors (Lipinski definition) is 10. The van der Waals surface area contributed by atoms with Crippen molar-refractivity contribution in [3.05, 3.63) is 78.1 Å². The number of imidazole rings is 1. The Morgan fingerprint density at radius 1 is 1.00 bits per heavy atom. The third-order valence-electron chi connectivity index (χ3n) is 7.26. The van der Waals surface area contributed by atoms with Gasteiger partial charge in [0, 0.05) is 32.1 Å². The van der Waals surface area contributed by atoms with Crippen LogP contribution in [0.1, 0.15) is 30.2 Å². The first kappa shape index (κ1) is 29.4. The molecule has 0 aliphatic carbocycles. The summed E-state index contributed by atoms with van der Waals surface area (Å²) < 4.78 is 7.40. The number of anilines is 2. The molecule has 2 aromatic heterocycles. The van der Waals surface area contributed by atoms with Crippen molar-refractivity contribution in [1.82, 2.24) is 29.7 Å². The highest BCUT2D eigenvalue weighted by atomic mass is 16.6. The molecule has 1 aliphatic rings. The molecule has 2 aromatic carbocycles. The van der Waals surface area contributed by atoms with E-state index in [-0.39, 0.29) is 5.92 Å². The number of carbonyl (C=O) groups is 1. The van der Waals surface area contributed by atoms with Gasteiger partial charge in [0.2, 0.25) is 5.95 Å². The zero-order valence-electron chi connectivity index (χ0n) is 24.0. The van der Waals surface area contributed by atoms with Gasteiger partial charge in [-0.05, 0) is 32.1 Å². The van der Waals surface area contributed by atoms with Crippen LogP contribution in [0.4, 0.5) is 11.8 Å². The van der Waals surface area contributed by atoms with Gasteiger partial charge < -0.3 is 35.8 Å². The third-order valence-corrected chi connectivity index (χ3v) is 7.26. The molecule has 1 fully saturated rings. The molecule has 1 aliphatic heterocycles. The number of ether oxygens (including phenoxy) is 1. The molecule has 4 atom stereocenters. The van der Waals surface area contributed by atoms with E-state index in [0.717, 1.165) is 17.7 Å². The normalized spacial score (nSPS) is 20.4. The molecular weight excluding hydrogens is 536 g/mol. The van der Waals surface area contributed by atoms with Gasteiger partial charge in [-0.1, -0.05) is 60.7 Å². The lowest BCUT2D eigenvalue weighted by atomic mass is 9.91. The fraction of sp³-hybridized carbons (Fsp3) is 0.400. The molecule has 0 spiro atoms. The van der Waals surface area contributed by atoms with Crippen LogP contribution in [-0.4, -0.2) is 99.1 Å². The summed E-state index contributed by atoms with van der Waals surface area (Å²) in [5.74, 6) is 0.429. The first-order valence-corrected chi connectivity index (χ1v) is 14.1. The number of aliphatic hydroxyl groups excluding tert-OH is 2. The molecule has 1 saturated heterocycles. The maximum Gasteiger partial charge on any atom is 0.252 e. The Morgan fingerprint density at radius 2 is 1.67 bits per heavy atom. The molecule has 3 heterocycles. The van der Waals surface area contributed by atoms with Crippen molar-refractivity contribution in [1.29, 1.82) is 0 Å². The smallest absolute Gasteiger partial charge is 0.252 e. The number of likely N-dealkylation sites (N-methyl/N-ethyl adjacent to an activating group) is 2. The number of aromatic nitrogens is 4. The summed E-state index contributed by atoms with van der Waals surface area (Å²) >= 11 is 0. The van der Waals surface area contributed by atoms with E-state index < -0.39 is 30.4 Å². The van der Waals surface area contributed by atoms with E-state index in [1.54, 1.807) is 6.92 Å². The molecule has 12 heteroatoms. The zero-order valence-corrected chi connectivity index (χ0v) is 24.0. The fourth-order valence-electron chi connectivity index (χ4n) is 5.07. The van der Waals surface area contributed by atoms with Crippen LogP contribution in [0.5, 0.6) is 0 Å². The molecule has 0 radical (unpaired) electrons. The van der Waals surface area contributed by atoms with Crippen LogP contribution >= 0.6 is 0 Å². The number of hydrogen-bond donors (Lipinski definition) is 5. The van der Waals surface area contributed by atoms with Crippen molar-refractivity contribution in [2.75, 3.05) is 50.9 Å². The van der Waals surface area contributed by atoms with Crippen LogP contribution in [0.3, 0.4) is 0 Å². The van der Waals surface area contributed by atoms with Gasteiger partial charge in [-0.25, -0.2) is 4.98 Å². The fourth-order valence-corrected chi connectivity index (χ4v) is 5.07. The molecule has 5 N–H and O–H groups in total. The monoisotopic (exact) mass is 574 g/mol. The molecule has 12 nitrogen and oxygen atoms in total. The summed E-state index contributed by atoms with van der Waals surface area (Å²) in [6, 6.07) is 20.5. The third kappa shape index (κ3) is 6.36. The Balaban J connectivity index is 1.49. The standard InChI is InChI=1S/C30H38N8O4/c1-4-31-28(41)25-23(39)24(40)29(42-25)38-18-34-22-26(35-30(36-27(22)38)32-15-16-37(2)3)33-17-21(19-11-7-5-8-12-19)20-13-9-6-10-14-20/h5-14,18,21,23-25,29,39-40H,4,15-17H2,1-3H3,(H,31,41)(H2,32,33,35,36)/t23-,24+,25-,29+/m0/s1. The van der Waals surface area contributed by atoms with Crippen LogP contribution in [0.25, 0.3) is 11.2 Å². The van der Waals surface area contributed by atoms with Gasteiger partial charge in [0.1, 0.15) is 12.2 Å². The average molecular weight is 575 g/mol. The predicted octanol–water partition coefficient (Wildman–Crippen LogP) is 1.80. The van der Waals surface area contributed by atoms with E-state index in [4.69, 9.17) is 14.7 Å². The maximum atomic E-state index is 12.5. The lowest BCUT2D eigenvalue weighted by molar-refractivity contribution is -0.137. The quantitative estimate of drug-likeness (QED) is 0.170. The topological polar surface area (TPSA) is 150 Å². The lowest BCUT2D eigenvalue weighted by Gasteiger charge is -2.20. The molecule has 0 saturated carbocycles. The number of amides is 1. The zero-order chi connectivity index (χ0) is 29.6. The molecule has 1 amide bonds. The molecule has 222 valence electrons. The van der Waals surface area contributed by atoms with E-state index in [1.165, 1.54) is 10.9 Å². The van der Waals surface area contributed by atoms with Crippen molar-refractivity contribution in [2.24, 2.45) is 0 Å². The summed E-state index contributed by atoms with van der Waals surface area (Å²) in [6.07, 6.45) is -3.59. The van der Waals surface area contributed by atoms with Crippen LogP contribution in [0, 0.1) is 0 Å². The Kier molecular flexibility index (Phi) is 9.28. The summed E-state index contributed by atoms with van der Waals surface area (Å²) in [7, 11) is 3.96. The number of fused-ring (bicyclic) bond motifs is 1. The molecule has 0 bridgehead atoms. The van der Waals surface area contributed by atoms with Crippen molar-refractivity contribution >= 4 is 28.8 Å². The van der Waals surface area contributed by atoms with E-state index in [2.05, 4.69) is 45.2 Å². The summed E-state index contributed by atoms with van der Waals surface area (Å²) in [5.41, 5.74) is 3.18. The molecule has 4 aromatic rings. The predicted molar refractivity (Wildman–Crippen MR) is 160 cm³/mol. The van der Waals surface area contributed by atoms with Crippen molar-refractivity contribution in [2.45, 2.75) is 37.4 Å². The van der Waals surface area contributed by atoms with Crippen molar-refractivity contribution in [3.63, 3.8) is 0 Å². The minimum absolute atomic E-state index is 0.0395. The second-order valence-electron chi connectivity index (χ2n) is 10.5. The maximum absolute atomic E-state index is 12.5. The van der Waals surface area contributed by atoms with E-state index >= 15 is 0 Å². The van der Waals surface area contributed by atoms with Crippen LogP contribution in [-0.2, 0) is 9.53 Å². The lowest BCUT2D eigenvalue weighted by Crippen LogP contribution is -2.42. The largest absolute Gasteiger partial charge is 0.387 e. The van der Waals surface area contributed by atoms with Gasteiger partial charge in [-0.15, -0.1) is 0 Å². The molecular formula is C30H38N8O4. The second-order valence-corrected chi connectivity index (χ2v) is 10.5. The number of benzene rings is 2. The van der Waals surface area contributed by atoms with Crippen LogP contribution in [0.15, 0.2) is 67.0 Å². The number of carbonyl (C=O) groups excluding carboxylic acids is 1. The SMILES string of the molecule is CCNC(=O)[C@H]1O[C@@H](n2cnc3c(NCC(c4ccccc4)c4ccccc4)nc(NCCN(C)C)nc32)[C@H](O)[C@@H]1O. The van der Waals surface area contributed by atoms with Crippen LogP contribution < -0.4 is 16.0 Å². The highest BCUT2D eigenvalue weighted by Gasteiger charge is 2.47. The van der Waals surface area contributed by atoms with E-state index in [1.807, 2.05) is 55.4 Å². The first-order chi connectivity index (χ1) is 20.4. The van der Waals surface area contributed by atoms with Gasteiger partial charge in [-0.2, -0.15) is 9.97 Å². The molecule has 42 heavy (non-hydrogen) atoms. The number of rotatable bonds is 12. The molecule has 5 rings (SSSR count). The highest BCUT2D eigenvalue weighted by Crippen LogP contribution is 2.33. The van der Waals surface area contributed by atoms with Gasteiger partial charge in [-0.3, -0.25) is 9.36 Å². The Hall–Kier alpha value is -4.10. The average Bonchev–Trinajstić information content (AvgIpc) is 3.54. The van der Waals surface area contributed by atoms with E-state index in [0.29, 0.717) is 42.6 Å².